The van der Waals surface area contributed by atoms with Crippen LogP contribution in [0.4, 0.5) is 5.69 Å². The van der Waals surface area contributed by atoms with Crippen LogP contribution in [0.15, 0.2) is 59.6 Å². The molecule has 2 aliphatic heterocycles. The summed E-state index contributed by atoms with van der Waals surface area (Å²) in [5, 5.41) is 6.48. The van der Waals surface area contributed by atoms with Crippen molar-refractivity contribution in [3.8, 4) is 0 Å². The molecule has 2 fully saturated rings. The molecule has 0 atom stereocenters. The third kappa shape index (κ3) is 6.71. The molecule has 0 radical (unpaired) electrons. The van der Waals surface area contributed by atoms with Crippen molar-refractivity contribution in [2.75, 3.05) is 57.8 Å². The Hall–Kier alpha value is -3.06. The van der Waals surface area contributed by atoms with E-state index in [1.54, 1.807) is 7.05 Å². The number of aliphatic imine (C=N–C) groups is 1. The molecule has 2 aliphatic rings. The van der Waals surface area contributed by atoms with Crippen LogP contribution in [0.5, 0.6) is 0 Å². The largest absolute Gasteiger partial charge is 0.368 e. The standard InChI is InChI=1S/C26H36N6O/c1-27-26(28-19-22-9-11-23(12-10-22)21-30-13-5-6-14-30)29-20-25(33)32-17-15-31(16-18-32)24-7-3-2-4-8-24/h2-4,7-12H,5-6,13-21H2,1H3,(H2,27,28,29). The van der Waals surface area contributed by atoms with E-state index in [4.69, 9.17) is 0 Å². The van der Waals surface area contributed by atoms with Gasteiger partial charge in [-0.3, -0.25) is 14.7 Å². The Morgan fingerprint density at radius 1 is 0.848 bits per heavy atom. The molecule has 0 aromatic heterocycles. The van der Waals surface area contributed by atoms with Crippen LogP contribution in [-0.4, -0.2) is 74.5 Å². The molecule has 0 spiro atoms. The van der Waals surface area contributed by atoms with Gasteiger partial charge in [-0.15, -0.1) is 0 Å². The van der Waals surface area contributed by atoms with Crippen molar-refractivity contribution in [1.29, 1.82) is 0 Å². The molecule has 0 saturated carbocycles. The average molecular weight is 449 g/mol. The van der Waals surface area contributed by atoms with Crippen LogP contribution in [0.3, 0.4) is 0 Å². The van der Waals surface area contributed by atoms with Gasteiger partial charge in [-0.25, -0.2) is 0 Å². The van der Waals surface area contributed by atoms with Crippen LogP contribution in [0.1, 0.15) is 24.0 Å². The van der Waals surface area contributed by atoms with E-state index in [0.29, 0.717) is 12.5 Å². The van der Waals surface area contributed by atoms with Crippen molar-refractivity contribution in [2.24, 2.45) is 4.99 Å². The van der Waals surface area contributed by atoms with Crippen LogP contribution in [0.25, 0.3) is 0 Å². The molecule has 2 aromatic rings. The number of benzene rings is 2. The zero-order valence-electron chi connectivity index (χ0n) is 19.7. The SMILES string of the molecule is CN=C(NCC(=O)N1CCN(c2ccccc2)CC1)NCc1ccc(CN2CCCC2)cc1. The van der Waals surface area contributed by atoms with Crippen molar-refractivity contribution < 1.29 is 4.79 Å². The normalized spacial score (nSPS) is 17.3. The predicted molar refractivity (Wildman–Crippen MR) is 134 cm³/mol. The lowest BCUT2D eigenvalue weighted by molar-refractivity contribution is -0.130. The van der Waals surface area contributed by atoms with Crippen molar-refractivity contribution in [1.82, 2.24) is 20.4 Å². The summed E-state index contributed by atoms with van der Waals surface area (Å²) in [6, 6.07) is 19.1. The Bertz CT molecular complexity index is 900. The van der Waals surface area contributed by atoms with Crippen molar-refractivity contribution in [2.45, 2.75) is 25.9 Å². The maximum Gasteiger partial charge on any atom is 0.242 e. The number of piperazine rings is 1. The molecule has 0 aliphatic carbocycles. The molecular weight excluding hydrogens is 412 g/mol. The van der Waals surface area contributed by atoms with Crippen LogP contribution in [0, 0.1) is 0 Å². The van der Waals surface area contributed by atoms with Crippen molar-refractivity contribution >= 4 is 17.6 Å². The number of nitrogens with zero attached hydrogens (tertiary/aromatic N) is 4. The Kier molecular flexibility index (Phi) is 8.19. The second-order valence-corrected chi connectivity index (χ2v) is 8.78. The first-order valence-electron chi connectivity index (χ1n) is 12.0. The number of nitrogens with one attached hydrogen (secondary N) is 2. The monoisotopic (exact) mass is 448 g/mol. The van der Waals surface area contributed by atoms with Gasteiger partial charge in [0.05, 0.1) is 6.54 Å². The molecule has 2 aromatic carbocycles. The van der Waals surface area contributed by atoms with Crippen LogP contribution >= 0.6 is 0 Å². The van der Waals surface area contributed by atoms with Crippen molar-refractivity contribution in [3.05, 3.63) is 65.7 Å². The molecule has 0 bridgehead atoms. The lowest BCUT2D eigenvalue weighted by Gasteiger charge is -2.36. The van der Waals surface area contributed by atoms with Crippen molar-refractivity contribution in [3.63, 3.8) is 0 Å². The third-order valence-electron chi connectivity index (χ3n) is 6.47. The van der Waals surface area contributed by atoms with Gasteiger partial charge < -0.3 is 20.4 Å². The number of guanidine groups is 1. The minimum absolute atomic E-state index is 0.108. The first-order chi connectivity index (χ1) is 16.2. The van der Waals surface area contributed by atoms with E-state index in [-0.39, 0.29) is 12.5 Å². The average Bonchev–Trinajstić information content (AvgIpc) is 3.38. The minimum atomic E-state index is 0.108. The fourth-order valence-corrected chi connectivity index (χ4v) is 4.49. The highest BCUT2D eigenvalue weighted by molar-refractivity contribution is 5.86. The maximum atomic E-state index is 12.7. The highest BCUT2D eigenvalue weighted by Gasteiger charge is 2.21. The highest BCUT2D eigenvalue weighted by atomic mass is 16.2. The molecule has 176 valence electrons. The molecule has 4 rings (SSSR count). The van der Waals surface area contributed by atoms with E-state index in [1.807, 2.05) is 11.0 Å². The summed E-state index contributed by atoms with van der Waals surface area (Å²) in [6.07, 6.45) is 2.64. The fraction of sp³-hybridized carbons (Fsp3) is 0.462. The zero-order chi connectivity index (χ0) is 22.9. The summed E-state index contributed by atoms with van der Waals surface area (Å²) >= 11 is 0. The Morgan fingerprint density at radius 3 is 2.18 bits per heavy atom. The molecule has 0 unspecified atom stereocenters. The zero-order valence-corrected chi connectivity index (χ0v) is 19.7. The minimum Gasteiger partial charge on any atom is -0.368 e. The first kappa shape index (κ1) is 23.1. The summed E-state index contributed by atoms with van der Waals surface area (Å²) in [6.45, 7) is 7.59. The van der Waals surface area contributed by atoms with Gasteiger partial charge in [-0.05, 0) is 49.2 Å². The molecular formula is C26H36N6O. The van der Waals surface area contributed by atoms with E-state index in [2.05, 4.69) is 74.0 Å². The Morgan fingerprint density at radius 2 is 1.52 bits per heavy atom. The van der Waals surface area contributed by atoms with E-state index in [0.717, 1.165) is 32.7 Å². The third-order valence-corrected chi connectivity index (χ3v) is 6.47. The number of hydrogen-bond donors (Lipinski definition) is 2. The summed E-state index contributed by atoms with van der Waals surface area (Å²) in [5.74, 6) is 0.754. The van der Waals surface area contributed by atoms with Gasteiger partial charge in [0.15, 0.2) is 5.96 Å². The number of amides is 1. The van der Waals surface area contributed by atoms with Gasteiger partial charge in [0.25, 0.3) is 0 Å². The van der Waals surface area contributed by atoms with Crippen LogP contribution < -0.4 is 15.5 Å². The fourth-order valence-electron chi connectivity index (χ4n) is 4.49. The topological polar surface area (TPSA) is 63.2 Å². The molecule has 2 heterocycles. The quantitative estimate of drug-likeness (QED) is 0.503. The van der Waals surface area contributed by atoms with Gasteiger partial charge in [0, 0.05) is 52.0 Å². The number of hydrogen-bond acceptors (Lipinski definition) is 4. The van der Waals surface area contributed by atoms with Crippen LogP contribution in [0.2, 0.25) is 0 Å². The molecule has 1 amide bonds. The number of rotatable bonds is 7. The van der Waals surface area contributed by atoms with E-state index >= 15 is 0 Å². The maximum absolute atomic E-state index is 12.7. The predicted octanol–water partition coefficient (Wildman–Crippen LogP) is 2.30. The van der Waals surface area contributed by atoms with Crippen LogP contribution in [-0.2, 0) is 17.9 Å². The molecule has 7 heteroatoms. The second-order valence-electron chi connectivity index (χ2n) is 8.78. The Balaban J connectivity index is 1.17. The van der Waals surface area contributed by atoms with E-state index < -0.39 is 0 Å². The van der Waals surface area contributed by atoms with Gasteiger partial charge in [0.1, 0.15) is 0 Å². The highest BCUT2D eigenvalue weighted by Crippen LogP contribution is 2.16. The number of para-hydroxylation sites is 1. The number of anilines is 1. The summed E-state index contributed by atoms with van der Waals surface area (Å²) in [5.41, 5.74) is 3.78. The number of carbonyl (C=O) groups is 1. The smallest absolute Gasteiger partial charge is 0.242 e. The molecule has 33 heavy (non-hydrogen) atoms. The summed E-state index contributed by atoms with van der Waals surface area (Å²) in [7, 11) is 1.73. The Labute approximate surface area is 197 Å². The molecule has 2 saturated heterocycles. The van der Waals surface area contributed by atoms with Gasteiger partial charge >= 0.3 is 0 Å². The summed E-state index contributed by atoms with van der Waals surface area (Å²) in [4.78, 5) is 23.7. The van der Waals surface area contributed by atoms with Gasteiger partial charge in [-0.1, -0.05) is 42.5 Å². The summed E-state index contributed by atoms with van der Waals surface area (Å²) < 4.78 is 0. The first-order valence-corrected chi connectivity index (χ1v) is 12.0. The van der Waals surface area contributed by atoms with E-state index in [9.17, 15) is 4.79 Å². The molecule has 2 N–H and O–H groups in total. The second kappa shape index (κ2) is 11.7. The lowest BCUT2D eigenvalue weighted by atomic mass is 10.1. The van der Waals surface area contributed by atoms with E-state index in [1.165, 1.54) is 42.7 Å². The van der Waals surface area contributed by atoms with Gasteiger partial charge in [-0.2, -0.15) is 0 Å². The van der Waals surface area contributed by atoms with Gasteiger partial charge in [0.2, 0.25) is 5.91 Å². The number of likely N-dealkylation sites (tertiary alicyclic amines) is 1. The number of carbonyl (C=O) groups excluding carboxylic acids is 1. The lowest BCUT2D eigenvalue weighted by Crippen LogP contribution is -2.52. The molecule has 7 nitrogen and oxygen atoms in total.